The van der Waals surface area contributed by atoms with Crippen LogP contribution in [0, 0.1) is 0 Å². The van der Waals surface area contributed by atoms with Crippen LogP contribution in [0.25, 0.3) is 0 Å². The number of amides is 2. The second-order valence-electron chi connectivity index (χ2n) is 4.24. The van der Waals surface area contributed by atoms with E-state index in [2.05, 4.69) is 11.4 Å². The summed E-state index contributed by atoms with van der Waals surface area (Å²) in [4.78, 5) is 24.5. The first-order chi connectivity index (χ1) is 8.13. The topological polar surface area (TPSA) is 49.4 Å². The molecule has 0 aromatic heterocycles. The molecule has 1 aromatic carbocycles. The van der Waals surface area contributed by atoms with Crippen molar-refractivity contribution in [3.63, 3.8) is 0 Å². The van der Waals surface area contributed by atoms with Crippen LogP contribution in [0.4, 0.5) is 5.69 Å². The third-order valence-electron chi connectivity index (χ3n) is 2.94. The van der Waals surface area contributed by atoms with E-state index in [0.29, 0.717) is 6.42 Å². The average Bonchev–Trinajstić information content (AvgIpc) is 2.29. The minimum absolute atomic E-state index is 0.105. The fourth-order valence-corrected chi connectivity index (χ4v) is 2.20. The molecule has 1 N–H and O–H groups in total. The first kappa shape index (κ1) is 11.8. The molecule has 1 aliphatic heterocycles. The van der Waals surface area contributed by atoms with Crippen LogP contribution in [0.2, 0.25) is 0 Å². The second-order valence-corrected chi connectivity index (χ2v) is 4.24. The van der Waals surface area contributed by atoms with Crippen LogP contribution in [0.1, 0.15) is 24.5 Å². The number of carbonyl (C=O) groups is 2. The standard InChI is InChI=1S/C13H16N2O2/c1-9(16)15-12-5-3-10(8-14-2)7-11(12)4-6-13(15)17/h3,5,7,14H,4,6,8H2,1-2H3. The molecule has 0 aliphatic carbocycles. The number of anilines is 1. The van der Waals surface area contributed by atoms with Gasteiger partial charge in [-0.15, -0.1) is 0 Å². The summed E-state index contributed by atoms with van der Waals surface area (Å²) < 4.78 is 0. The van der Waals surface area contributed by atoms with Crippen LogP contribution in [0.15, 0.2) is 18.2 Å². The Bertz CT molecular complexity index is 468. The van der Waals surface area contributed by atoms with E-state index in [1.54, 1.807) is 0 Å². The molecule has 17 heavy (non-hydrogen) atoms. The molecule has 1 aromatic rings. The summed E-state index contributed by atoms with van der Waals surface area (Å²) in [7, 11) is 1.89. The molecule has 0 bridgehead atoms. The molecule has 0 fully saturated rings. The van der Waals surface area contributed by atoms with Crippen molar-refractivity contribution in [1.82, 2.24) is 5.32 Å². The van der Waals surface area contributed by atoms with Gasteiger partial charge < -0.3 is 5.32 Å². The van der Waals surface area contributed by atoms with Crippen LogP contribution in [-0.2, 0) is 22.6 Å². The maximum atomic E-state index is 11.7. The molecule has 0 spiro atoms. The molecule has 1 aliphatic rings. The smallest absolute Gasteiger partial charge is 0.234 e. The zero-order chi connectivity index (χ0) is 12.4. The number of nitrogens with zero attached hydrogens (tertiary/aromatic N) is 1. The Balaban J connectivity index is 2.40. The van der Waals surface area contributed by atoms with Gasteiger partial charge in [0.1, 0.15) is 0 Å². The average molecular weight is 232 g/mol. The summed E-state index contributed by atoms with van der Waals surface area (Å²) in [6.07, 6.45) is 1.13. The number of hydrogen-bond donors (Lipinski definition) is 1. The zero-order valence-corrected chi connectivity index (χ0v) is 10.1. The number of benzene rings is 1. The lowest BCUT2D eigenvalue weighted by atomic mass is 9.98. The normalized spacial score (nSPS) is 14.7. The number of imide groups is 1. The largest absolute Gasteiger partial charge is 0.316 e. The van der Waals surface area contributed by atoms with Gasteiger partial charge in [-0.25, -0.2) is 0 Å². The lowest BCUT2D eigenvalue weighted by Crippen LogP contribution is -2.38. The summed E-state index contributed by atoms with van der Waals surface area (Å²) in [6, 6.07) is 5.87. The summed E-state index contributed by atoms with van der Waals surface area (Å²) in [6.45, 7) is 2.22. The van der Waals surface area contributed by atoms with E-state index in [-0.39, 0.29) is 11.8 Å². The highest BCUT2D eigenvalue weighted by Crippen LogP contribution is 2.28. The van der Waals surface area contributed by atoms with E-state index in [1.165, 1.54) is 17.4 Å². The van der Waals surface area contributed by atoms with Crippen LogP contribution in [-0.4, -0.2) is 18.9 Å². The number of hydrogen-bond acceptors (Lipinski definition) is 3. The molecular formula is C13H16N2O2. The Morgan fingerprint density at radius 2 is 2.18 bits per heavy atom. The Morgan fingerprint density at radius 1 is 1.41 bits per heavy atom. The fourth-order valence-electron chi connectivity index (χ4n) is 2.20. The van der Waals surface area contributed by atoms with Crippen LogP contribution in [0.3, 0.4) is 0 Å². The third kappa shape index (κ3) is 2.22. The van der Waals surface area contributed by atoms with Gasteiger partial charge in [-0.05, 0) is 30.7 Å². The number of rotatable bonds is 2. The quantitative estimate of drug-likeness (QED) is 0.834. The second kappa shape index (κ2) is 4.67. The lowest BCUT2D eigenvalue weighted by molar-refractivity contribution is -0.125. The van der Waals surface area contributed by atoms with Crippen molar-refractivity contribution >= 4 is 17.5 Å². The van der Waals surface area contributed by atoms with E-state index < -0.39 is 0 Å². The minimum Gasteiger partial charge on any atom is -0.316 e. The van der Waals surface area contributed by atoms with Gasteiger partial charge in [0.2, 0.25) is 11.8 Å². The fraction of sp³-hybridized carbons (Fsp3) is 0.385. The van der Waals surface area contributed by atoms with Gasteiger partial charge in [0, 0.05) is 19.9 Å². The molecule has 2 amide bonds. The van der Waals surface area contributed by atoms with Crippen LogP contribution < -0.4 is 10.2 Å². The monoisotopic (exact) mass is 232 g/mol. The molecule has 0 saturated carbocycles. The molecule has 90 valence electrons. The van der Waals surface area contributed by atoms with Crippen LogP contribution >= 0.6 is 0 Å². The highest BCUT2D eigenvalue weighted by molar-refractivity contribution is 6.15. The predicted molar refractivity (Wildman–Crippen MR) is 65.7 cm³/mol. The SMILES string of the molecule is CNCc1ccc2c(c1)CCC(=O)N2C(C)=O. The summed E-state index contributed by atoms with van der Waals surface area (Å²) in [5.74, 6) is -0.316. The predicted octanol–water partition coefficient (Wildman–Crippen LogP) is 1.23. The molecule has 4 heteroatoms. The Labute approximate surface area is 101 Å². The van der Waals surface area contributed by atoms with Crippen molar-refractivity contribution < 1.29 is 9.59 Å². The third-order valence-corrected chi connectivity index (χ3v) is 2.94. The van der Waals surface area contributed by atoms with Crippen molar-refractivity contribution in [2.45, 2.75) is 26.3 Å². The first-order valence-electron chi connectivity index (χ1n) is 5.73. The number of aryl methyl sites for hydroxylation is 1. The van der Waals surface area contributed by atoms with Gasteiger partial charge in [-0.2, -0.15) is 0 Å². The van der Waals surface area contributed by atoms with Crippen molar-refractivity contribution in [3.05, 3.63) is 29.3 Å². The molecule has 0 saturated heterocycles. The molecule has 0 atom stereocenters. The van der Waals surface area contributed by atoms with E-state index in [0.717, 1.165) is 24.2 Å². The summed E-state index contributed by atoms with van der Waals surface area (Å²) in [5.41, 5.74) is 2.99. The minimum atomic E-state index is -0.211. The Kier molecular flexibility index (Phi) is 3.24. The molecule has 0 radical (unpaired) electrons. The van der Waals surface area contributed by atoms with E-state index in [9.17, 15) is 9.59 Å². The summed E-state index contributed by atoms with van der Waals surface area (Å²) >= 11 is 0. The Morgan fingerprint density at radius 3 is 2.82 bits per heavy atom. The molecule has 1 heterocycles. The van der Waals surface area contributed by atoms with Crippen molar-refractivity contribution in [2.24, 2.45) is 0 Å². The van der Waals surface area contributed by atoms with Gasteiger partial charge in [0.05, 0.1) is 5.69 Å². The maximum absolute atomic E-state index is 11.7. The highest BCUT2D eigenvalue weighted by Gasteiger charge is 2.27. The number of carbonyl (C=O) groups excluding carboxylic acids is 2. The van der Waals surface area contributed by atoms with Crippen molar-refractivity contribution in [3.8, 4) is 0 Å². The number of nitrogens with one attached hydrogen (secondary N) is 1. The van der Waals surface area contributed by atoms with Crippen LogP contribution in [0.5, 0.6) is 0 Å². The maximum Gasteiger partial charge on any atom is 0.234 e. The van der Waals surface area contributed by atoms with Gasteiger partial charge in [0.15, 0.2) is 0 Å². The van der Waals surface area contributed by atoms with Crippen molar-refractivity contribution in [2.75, 3.05) is 11.9 Å². The van der Waals surface area contributed by atoms with Gasteiger partial charge in [-0.3, -0.25) is 14.5 Å². The van der Waals surface area contributed by atoms with Gasteiger partial charge in [0.25, 0.3) is 0 Å². The molecule has 4 nitrogen and oxygen atoms in total. The van der Waals surface area contributed by atoms with E-state index in [4.69, 9.17) is 0 Å². The summed E-state index contributed by atoms with van der Waals surface area (Å²) in [5, 5.41) is 3.09. The highest BCUT2D eigenvalue weighted by atomic mass is 16.2. The number of fused-ring (bicyclic) bond motifs is 1. The van der Waals surface area contributed by atoms with Gasteiger partial charge in [-0.1, -0.05) is 12.1 Å². The van der Waals surface area contributed by atoms with E-state index >= 15 is 0 Å². The van der Waals surface area contributed by atoms with E-state index in [1.807, 2.05) is 19.2 Å². The molecule has 2 rings (SSSR count). The zero-order valence-electron chi connectivity index (χ0n) is 10.1. The van der Waals surface area contributed by atoms with Gasteiger partial charge >= 0.3 is 0 Å². The molecule has 0 unspecified atom stereocenters. The Hall–Kier alpha value is -1.68. The van der Waals surface area contributed by atoms with Crippen molar-refractivity contribution in [1.29, 1.82) is 0 Å². The molecular weight excluding hydrogens is 216 g/mol. The lowest BCUT2D eigenvalue weighted by Gasteiger charge is -2.27. The first-order valence-corrected chi connectivity index (χ1v) is 5.73.